The van der Waals surface area contributed by atoms with Crippen molar-refractivity contribution in [1.29, 1.82) is 0 Å². The minimum Gasteiger partial charge on any atom is -0.428 e. The van der Waals surface area contributed by atoms with Crippen LogP contribution < -0.4 is 10.5 Å². The molecule has 3 nitrogen and oxygen atoms in total. The van der Waals surface area contributed by atoms with Crippen LogP contribution in [0.25, 0.3) is 0 Å². The van der Waals surface area contributed by atoms with Crippen molar-refractivity contribution in [3.8, 4) is 5.75 Å². The first-order chi connectivity index (χ1) is 7.86. The second-order valence-corrected chi connectivity index (χ2v) is 3.29. The number of rotatable bonds is 5. The summed E-state index contributed by atoms with van der Waals surface area (Å²) in [5.74, 6) is -0.458. The Kier molecular flexibility index (Phi) is 4.30. The van der Waals surface area contributed by atoms with Crippen LogP contribution in [0.3, 0.4) is 0 Å². The van der Waals surface area contributed by atoms with Crippen molar-refractivity contribution in [2.75, 3.05) is 6.54 Å². The molecule has 0 amide bonds. The molecule has 0 radical (unpaired) electrons. The van der Waals surface area contributed by atoms with Crippen LogP contribution >= 0.6 is 0 Å². The van der Waals surface area contributed by atoms with Crippen LogP contribution in [0, 0.1) is 0 Å². The van der Waals surface area contributed by atoms with Crippen LogP contribution in [0.1, 0.15) is 11.7 Å². The topological polar surface area (TPSA) is 55.5 Å². The summed E-state index contributed by atoms with van der Waals surface area (Å²) in [4.78, 5) is 0. The lowest BCUT2D eigenvalue weighted by Gasteiger charge is -2.17. The number of ether oxygens (including phenoxy) is 1. The molecule has 1 rings (SSSR count). The predicted molar refractivity (Wildman–Crippen MR) is 52.0 cm³/mol. The zero-order valence-electron chi connectivity index (χ0n) is 8.62. The SMILES string of the molecule is NCC(O)c1cccc(OC(F)(F)C(F)F)c1. The standard InChI is InChI=1S/C10H11F4NO2/c11-9(12)10(13,14)17-7-3-1-2-6(4-7)8(16)5-15/h1-4,8-9,16H,5,15H2. The van der Waals surface area contributed by atoms with E-state index in [4.69, 9.17) is 5.73 Å². The van der Waals surface area contributed by atoms with Crippen molar-refractivity contribution in [2.45, 2.75) is 18.6 Å². The van der Waals surface area contributed by atoms with Gasteiger partial charge in [0.15, 0.2) is 0 Å². The molecule has 1 unspecified atom stereocenters. The van der Waals surface area contributed by atoms with Crippen molar-refractivity contribution in [3.63, 3.8) is 0 Å². The Labute approximate surface area is 94.8 Å². The van der Waals surface area contributed by atoms with Gasteiger partial charge in [0.2, 0.25) is 0 Å². The van der Waals surface area contributed by atoms with Crippen LogP contribution in [0.4, 0.5) is 17.6 Å². The first-order valence-corrected chi connectivity index (χ1v) is 4.70. The molecule has 0 aliphatic rings. The number of hydrogen-bond acceptors (Lipinski definition) is 3. The Morgan fingerprint density at radius 1 is 1.35 bits per heavy atom. The third-order valence-corrected chi connectivity index (χ3v) is 1.97. The fraction of sp³-hybridized carbons (Fsp3) is 0.400. The number of benzene rings is 1. The van der Waals surface area contributed by atoms with Crippen molar-refractivity contribution in [1.82, 2.24) is 0 Å². The number of hydrogen-bond donors (Lipinski definition) is 2. The summed E-state index contributed by atoms with van der Waals surface area (Å²) < 4.78 is 52.8. The second kappa shape index (κ2) is 5.33. The number of nitrogens with two attached hydrogens (primary N) is 1. The van der Waals surface area contributed by atoms with E-state index >= 15 is 0 Å². The molecule has 3 N–H and O–H groups in total. The van der Waals surface area contributed by atoms with Gasteiger partial charge in [0.05, 0.1) is 6.10 Å². The highest BCUT2D eigenvalue weighted by atomic mass is 19.3. The largest absolute Gasteiger partial charge is 0.461 e. The molecule has 0 aliphatic heterocycles. The number of aliphatic hydroxyl groups excluding tert-OH is 1. The molecule has 0 aliphatic carbocycles. The summed E-state index contributed by atoms with van der Waals surface area (Å²) in [6.45, 7) is -0.116. The Balaban J connectivity index is 2.86. The highest BCUT2D eigenvalue weighted by Crippen LogP contribution is 2.28. The minimum atomic E-state index is -4.56. The quantitative estimate of drug-likeness (QED) is 0.788. The van der Waals surface area contributed by atoms with E-state index in [1.165, 1.54) is 12.1 Å². The minimum absolute atomic E-state index is 0.116. The Bertz CT molecular complexity index is 373. The van der Waals surface area contributed by atoms with Crippen LogP contribution in [0.2, 0.25) is 0 Å². The molecule has 96 valence electrons. The van der Waals surface area contributed by atoms with Gasteiger partial charge in [0.1, 0.15) is 5.75 Å². The average Bonchev–Trinajstić information content (AvgIpc) is 2.27. The van der Waals surface area contributed by atoms with Gasteiger partial charge in [-0.2, -0.15) is 17.6 Å². The van der Waals surface area contributed by atoms with Crippen molar-refractivity contribution in [3.05, 3.63) is 29.8 Å². The van der Waals surface area contributed by atoms with Gasteiger partial charge in [-0.25, -0.2) is 0 Å². The number of halogens is 4. The van der Waals surface area contributed by atoms with E-state index in [1.807, 2.05) is 0 Å². The third-order valence-electron chi connectivity index (χ3n) is 1.97. The second-order valence-electron chi connectivity index (χ2n) is 3.29. The van der Waals surface area contributed by atoms with Gasteiger partial charge >= 0.3 is 12.5 Å². The highest BCUT2D eigenvalue weighted by molar-refractivity contribution is 5.30. The summed E-state index contributed by atoms with van der Waals surface area (Å²) in [6.07, 6.45) is -9.55. The van der Waals surface area contributed by atoms with Gasteiger partial charge in [-0.3, -0.25) is 0 Å². The summed E-state index contributed by atoms with van der Waals surface area (Å²) in [5.41, 5.74) is 5.39. The molecule has 0 bridgehead atoms. The van der Waals surface area contributed by atoms with Crippen molar-refractivity contribution < 1.29 is 27.4 Å². The molecule has 17 heavy (non-hydrogen) atoms. The molecule has 0 fully saturated rings. The van der Waals surface area contributed by atoms with E-state index in [0.29, 0.717) is 0 Å². The van der Waals surface area contributed by atoms with Gasteiger partial charge in [-0.05, 0) is 17.7 Å². The van der Waals surface area contributed by atoms with Crippen molar-refractivity contribution in [2.24, 2.45) is 5.73 Å². The Hall–Kier alpha value is -1.34. The maximum absolute atomic E-state index is 12.6. The van der Waals surface area contributed by atoms with Gasteiger partial charge in [0, 0.05) is 6.54 Å². The van der Waals surface area contributed by atoms with Gasteiger partial charge in [-0.15, -0.1) is 0 Å². The Morgan fingerprint density at radius 2 is 2.00 bits per heavy atom. The lowest BCUT2D eigenvalue weighted by atomic mass is 10.1. The fourth-order valence-corrected chi connectivity index (χ4v) is 1.12. The van der Waals surface area contributed by atoms with E-state index in [2.05, 4.69) is 4.74 Å². The molecule has 7 heteroatoms. The molecule has 1 aromatic carbocycles. The average molecular weight is 253 g/mol. The summed E-state index contributed by atoms with van der Waals surface area (Å²) >= 11 is 0. The van der Waals surface area contributed by atoms with Gasteiger partial charge < -0.3 is 15.6 Å². The molecule has 0 saturated heterocycles. The summed E-state index contributed by atoms with van der Waals surface area (Å²) in [5, 5.41) is 9.35. The normalized spacial score (nSPS) is 13.8. The fourth-order valence-electron chi connectivity index (χ4n) is 1.12. The molecular formula is C10H11F4NO2. The number of alkyl halides is 4. The van der Waals surface area contributed by atoms with Gasteiger partial charge in [-0.1, -0.05) is 12.1 Å². The third kappa shape index (κ3) is 3.57. The van der Waals surface area contributed by atoms with Crippen LogP contribution in [0.15, 0.2) is 24.3 Å². The first-order valence-electron chi connectivity index (χ1n) is 4.70. The van der Waals surface area contributed by atoms with Crippen molar-refractivity contribution >= 4 is 0 Å². The molecule has 1 aromatic rings. The Morgan fingerprint density at radius 3 is 2.53 bits per heavy atom. The zero-order valence-corrected chi connectivity index (χ0v) is 8.62. The van der Waals surface area contributed by atoms with Crippen LogP contribution in [0.5, 0.6) is 5.75 Å². The maximum atomic E-state index is 12.6. The number of aliphatic hydroxyl groups is 1. The van der Waals surface area contributed by atoms with E-state index in [9.17, 15) is 22.7 Å². The molecule has 0 aromatic heterocycles. The highest BCUT2D eigenvalue weighted by Gasteiger charge is 2.43. The molecule has 1 atom stereocenters. The predicted octanol–water partition coefficient (Wildman–Crippen LogP) is 1.92. The van der Waals surface area contributed by atoms with E-state index in [1.54, 1.807) is 0 Å². The summed E-state index contributed by atoms with van der Waals surface area (Å²) in [6, 6.07) is 4.84. The van der Waals surface area contributed by atoms with Crippen LogP contribution in [-0.4, -0.2) is 24.2 Å². The lowest BCUT2D eigenvalue weighted by molar-refractivity contribution is -0.253. The van der Waals surface area contributed by atoms with E-state index in [0.717, 1.165) is 12.1 Å². The lowest BCUT2D eigenvalue weighted by Crippen LogP contribution is -2.33. The zero-order chi connectivity index (χ0) is 13.1. The molecule has 0 spiro atoms. The monoisotopic (exact) mass is 253 g/mol. The van der Waals surface area contributed by atoms with Crippen LogP contribution in [-0.2, 0) is 0 Å². The smallest absolute Gasteiger partial charge is 0.428 e. The molecular weight excluding hydrogens is 242 g/mol. The maximum Gasteiger partial charge on any atom is 0.461 e. The summed E-state index contributed by atoms with van der Waals surface area (Å²) in [7, 11) is 0. The van der Waals surface area contributed by atoms with Gasteiger partial charge in [0.25, 0.3) is 0 Å². The molecule has 0 heterocycles. The van der Waals surface area contributed by atoms with E-state index in [-0.39, 0.29) is 12.1 Å². The van der Waals surface area contributed by atoms with E-state index < -0.39 is 24.4 Å². The molecule has 0 saturated carbocycles. The first kappa shape index (κ1) is 13.7.